The SMILES string of the molecule is c1ccc(-n2c3ccc(N(c4ccc5c(c4)-c4ccccc4C54c5ccccc5-c5ccccc54)c4cccc5ccccc45)cc3c3cc(C4(c5ccccc5)c5ccccc5-c5ccccc54)ccc32)cc1. The number of fused-ring (bicyclic) bond motifs is 17. The van der Waals surface area contributed by atoms with E-state index in [2.05, 4.69) is 289 Å². The van der Waals surface area contributed by atoms with E-state index in [4.69, 9.17) is 0 Å². The van der Waals surface area contributed by atoms with Crippen LogP contribution in [0.5, 0.6) is 0 Å². The van der Waals surface area contributed by atoms with Crippen LogP contribution in [0.2, 0.25) is 0 Å². The summed E-state index contributed by atoms with van der Waals surface area (Å²) < 4.78 is 2.45. The van der Waals surface area contributed by atoms with Crippen molar-refractivity contribution in [3.8, 4) is 39.1 Å². The molecule has 12 aromatic carbocycles. The maximum Gasteiger partial charge on any atom is 0.0725 e. The zero-order chi connectivity index (χ0) is 48.5. The third kappa shape index (κ3) is 5.39. The van der Waals surface area contributed by atoms with Crippen molar-refractivity contribution < 1.29 is 0 Å². The van der Waals surface area contributed by atoms with Crippen LogP contribution in [0.4, 0.5) is 17.1 Å². The summed E-state index contributed by atoms with van der Waals surface area (Å²) in [6.45, 7) is 0. The topological polar surface area (TPSA) is 8.17 Å². The van der Waals surface area contributed by atoms with Crippen molar-refractivity contribution >= 4 is 49.6 Å². The molecule has 0 amide bonds. The van der Waals surface area contributed by atoms with Crippen molar-refractivity contribution in [3.63, 3.8) is 0 Å². The van der Waals surface area contributed by atoms with Crippen LogP contribution >= 0.6 is 0 Å². The predicted octanol–water partition coefficient (Wildman–Crippen LogP) is 18.1. The van der Waals surface area contributed by atoms with Gasteiger partial charge >= 0.3 is 0 Å². The largest absolute Gasteiger partial charge is 0.310 e. The van der Waals surface area contributed by atoms with Gasteiger partial charge in [0.2, 0.25) is 0 Å². The maximum absolute atomic E-state index is 2.51. The monoisotopic (exact) mass is 938 g/mol. The van der Waals surface area contributed by atoms with Crippen LogP contribution in [-0.4, -0.2) is 4.57 Å². The molecule has 0 bridgehead atoms. The van der Waals surface area contributed by atoms with Crippen LogP contribution in [0.3, 0.4) is 0 Å². The molecule has 16 rings (SSSR count). The molecule has 0 atom stereocenters. The summed E-state index contributed by atoms with van der Waals surface area (Å²) in [7, 11) is 0. The minimum absolute atomic E-state index is 0.421. The van der Waals surface area contributed by atoms with E-state index in [1.165, 1.54) is 105 Å². The Hall–Kier alpha value is -9.50. The van der Waals surface area contributed by atoms with Gasteiger partial charge in [-0.15, -0.1) is 0 Å². The number of hydrogen-bond acceptors (Lipinski definition) is 1. The van der Waals surface area contributed by atoms with E-state index in [1.807, 2.05) is 0 Å². The van der Waals surface area contributed by atoms with Crippen molar-refractivity contribution in [2.75, 3.05) is 4.90 Å². The highest BCUT2D eigenvalue weighted by molar-refractivity contribution is 6.12. The zero-order valence-electron chi connectivity index (χ0n) is 40.5. The van der Waals surface area contributed by atoms with Gasteiger partial charge in [0.05, 0.1) is 27.6 Å². The molecular weight excluding hydrogens is 893 g/mol. The molecule has 1 spiro atoms. The minimum atomic E-state index is -0.533. The maximum atomic E-state index is 2.51. The fourth-order valence-electron chi connectivity index (χ4n) is 14.0. The average Bonchev–Trinajstić information content (AvgIpc) is 4.16. The Kier molecular flexibility index (Phi) is 8.62. The van der Waals surface area contributed by atoms with E-state index >= 15 is 0 Å². The van der Waals surface area contributed by atoms with E-state index in [0.29, 0.717) is 0 Å². The van der Waals surface area contributed by atoms with Crippen molar-refractivity contribution in [2.45, 2.75) is 10.8 Å². The fourth-order valence-corrected chi connectivity index (χ4v) is 14.0. The molecular formula is C72H46N2. The van der Waals surface area contributed by atoms with Gasteiger partial charge in [0.15, 0.2) is 0 Å². The smallest absolute Gasteiger partial charge is 0.0725 e. The highest BCUT2D eigenvalue weighted by Gasteiger charge is 2.52. The minimum Gasteiger partial charge on any atom is -0.310 e. The number of aromatic nitrogens is 1. The number of hydrogen-bond donors (Lipinski definition) is 0. The molecule has 3 aliphatic carbocycles. The lowest BCUT2D eigenvalue weighted by Gasteiger charge is -2.34. The summed E-state index contributed by atoms with van der Waals surface area (Å²) in [4.78, 5) is 2.51. The first-order valence-electron chi connectivity index (χ1n) is 25.8. The molecule has 1 heterocycles. The predicted molar refractivity (Wildman–Crippen MR) is 307 cm³/mol. The van der Waals surface area contributed by atoms with Gasteiger partial charge in [-0.3, -0.25) is 0 Å². The number of rotatable bonds is 6. The molecule has 344 valence electrons. The van der Waals surface area contributed by atoms with Crippen molar-refractivity contribution in [1.29, 1.82) is 0 Å². The van der Waals surface area contributed by atoms with Crippen LogP contribution in [0.1, 0.15) is 44.5 Å². The highest BCUT2D eigenvalue weighted by Crippen LogP contribution is 2.63. The van der Waals surface area contributed by atoms with Gasteiger partial charge < -0.3 is 9.47 Å². The molecule has 13 aromatic rings. The summed E-state index contributed by atoms with van der Waals surface area (Å²) in [5.74, 6) is 0. The first kappa shape index (κ1) is 41.2. The van der Waals surface area contributed by atoms with Crippen molar-refractivity contribution in [2.24, 2.45) is 0 Å². The van der Waals surface area contributed by atoms with Gasteiger partial charge in [-0.05, 0) is 144 Å². The van der Waals surface area contributed by atoms with Crippen molar-refractivity contribution in [1.82, 2.24) is 4.57 Å². The number of benzene rings is 12. The third-order valence-electron chi connectivity index (χ3n) is 16.9. The molecule has 2 heteroatoms. The van der Waals surface area contributed by atoms with Gasteiger partial charge in [-0.2, -0.15) is 0 Å². The Morgan fingerprint density at radius 3 is 1.34 bits per heavy atom. The third-order valence-corrected chi connectivity index (χ3v) is 16.9. The van der Waals surface area contributed by atoms with Crippen LogP contribution < -0.4 is 4.90 Å². The van der Waals surface area contributed by atoms with E-state index < -0.39 is 10.8 Å². The van der Waals surface area contributed by atoms with Crippen molar-refractivity contribution in [3.05, 3.63) is 324 Å². The Balaban J connectivity index is 0.968. The molecule has 0 saturated carbocycles. The van der Waals surface area contributed by atoms with Gasteiger partial charge in [-0.25, -0.2) is 0 Å². The summed E-state index contributed by atoms with van der Waals surface area (Å²) in [6, 6.07) is 105. The molecule has 3 aliphatic rings. The normalized spacial score (nSPS) is 13.9. The average molecular weight is 939 g/mol. The summed E-state index contributed by atoms with van der Waals surface area (Å²) in [5.41, 5.74) is 24.1. The lowest BCUT2D eigenvalue weighted by atomic mass is 9.67. The second-order valence-electron chi connectivity index (χ2n) is 20.3. The summed E-state index contributed by atoms with van der Waals surface area (Å²) in [6.07, 6.45) is 0. The van der Waals surface area contributed by atoms with E-state index in [0.717, 1.165) is 28.3 Å². The Morgan fingerprint density at radius 2 is 0.716 bits per heavy atom. The van der Waals surface area contributed by atoms with Gasteiger partial charge in [0, 0.05) is 33.2 Å². The van der Waals surface area contributed by atoms with E-state index in [1.54, 1.807) is 0 Å². The molecule has 2 nitrogen and oxygen atoms in total. The number of nitrogens with zero attached hydrogens (tertiary/aromatic N) is 2. The second kappa shape index (κ2) is 15.5. The highest BCUT2D eigenvalue weighted by atomic mass is 15.1. The standard InChI is InChI=1S/C72H46N2/c1-3-22-48(23-4-1)71(62-32-14-9-27-54(62)55-28-10-15-33-63(55)71)49-38-42-69-60(44-49)61-46-52(40-43-70(61)74(69)50-24-5-2-6-25-50)73(68-37-19-21-47-20-7-8-26-53(47)68)51-39-41-67-59(45-51)58-31-13-18-36-66(58)72(67)64-34-16-11-29-56(64)57-30-12-17-35-65(57)72/h1-46H. The van der Waals surface area contributed by atoms with Crippen LogP contribution in [0.15, 0.2) is 279 Å². The summed E-state index contributed by atoms with van der Waals surface area (Å²) in [5, 5.41) is 4.81. The molecule has 0 saturated heterocycles. The quantitative estimate of drug-likeness (QED) is 0.161. The molecule has 0 aliphatic heterocycles. The van der Waals surface area contributed by atoms with Gasteiger partial charge in [0.25, 0.3) is 0 Å². The number of anilines is 3. The van der Waals surface area contributed by atoms with Crippen LogP contribution in [-0.2, 0) is 10.8 Å². The van der Waals surface area contributed by atoms with Gasteiger partial charge in [0.1, 0.15) is 0 Å². The summed E-state index contributed by atoms with van der Waals surface area (Å²) >= 11 is 0. The number of para-hydroxylation sites is 1. The van der Waals surface area contributed by atoms with E-state index in [9.17, 15) is 0 Å². The molecule has 74 heavy (non-hydrogen) atoms. The molecule has 0 fully saturated rings. The second-order valence-corrected chi connectivity index (χ2v) is 20.3. The molecule has 0 radical (unpaired) electrons. The first-order valence-corrected chi connectivity index (χ1v) is 25.8. The van der Waals surface area contributed by atoms with E-state index in [-0.39, 0.29) is 0 Å². The lowest BCUT2D eigenvalue weighted by molar-refractivity contribution is 0.770. The Labute approximate surface area is 430 Å². The molecule has 1 aromatic heterocycles. The Bertz CT molecular complexity index is 4350. The zero-order valence-corrected chi connectivity index (χ0v) is 40.5. The Morgan fingerprint density at radius 1 is 0.270 bits per heavy atom. The van der Waals surface area contributed by atoms with Gasteiger partial charge in [-0.1, -0.05) is 218 Å². The van der Waals surface area contributed by atoms with Crippen LogP contribution in [0.25, 0.3) is 71.6 Å². The lowest BCUT2D eigenvalue weighted by Crippen LogP contribution is -2.28. The fraction of sp³-hybridized carbons (Fsp3) is 0.0278. The molecule has 0 unspecified atom stereocenters. The van der Waals surface area contributed by atoms with Crippen LogP contribution in [0, 0.1) is 0 Å². The molecule has 0 N–H and O–H groups in total. The first-order chi connectivity index (χ1) is 36.7.